The average molecular weight is 298 g/mol. The second-order valence-corrected chi connectivity index (χ2v) is 4.51. The molecular formula is C18H18O4. The van der Waals surface area contributed by atoms with Crippen molar-refractivity contribution in [1.29, 1.82) is 0 Å². The number of carbonyl (C=O) groups excluding carboxylic acids is 1. The van der Waals surface area contributed by atoms with Gasteiger partial charge in [0.05, 0.1) is 21.3 Å². The molecule has 0 saturated carbocycles. The maximum atomic E-state index is 11.1. The normalized spacial score (nSPS) is 11.0. The molecule has 0 spiro atoms. The van der Waals surface area contributed by atoms with E-state index in [1.807, 2.05) is 36.4 Å². The zero-order chi connectivity index (χ0) is 15.9. The van der Waals surface area contributed by atoms with Gasteiger partial charge in [0, 0.05) is 11.6 Å². The molecule has 2 aromatic carbocycles. The van der Waals surface area contributed by atoms with E-state index >= 15 is 0 Å². The van der Waals surface area contributed by atoms with Gasteiger partial charge in [-0.05, 0) is 41.5 Å². The van der Waals surface area contributed by atoms with Gasteiger partial charge in [-0.1, -0.05) is 12.1 Å². The molecule has 2 rings (SSSR count). The van der Waals surface area contributed by atoms with E-state index in [2.05, 4.69) is 0 Å². The van der Waals surface area contributed by atoms with Crippen molar-refractivity contribution in [3.8, 4) is 17.2 Å². The molecule has 0 aliphatic carbocycles. The molecule has 0 unspecified atom stereocenters. The van der Waals surface area contributed by atoms with Crippen LogP contribution in [0.25, 0.3) is 5.57 Å². The highest BCUT2D eigenvalue weighted by molar-refractivity contribution is 5.91. The summed E-state index contributed by atoms with van der Waals surface area (Å²) >= 11 is 0. The highest BCUT2D eigenvalue weighted by Crippen LogP contribution is 2.34. The molecule has 0 fully saturated rings. The lowest BCUT2D eigenvalue weighted by Gasteiger charge is -2.14. The minimum absolute atomic E-state index is 0.635. The minimum atomic E-state index is 0.635. The summed E-state index contributed by atoms with van der Waals surface area (Å²) in [6, 6.07) is 13.0. The van der Waals surface area contributed by atoms with Gasteiger partial charge < -0.3 is 14.2 Å². The SMILES string of the molecule is COc1cccc(/C(=C\C=O)c2ccc(OC)cc2OC)c1. The molecule has 0 aliphatic heterocycles. The third kappa shape index (κ3) is 3.28. The number of methoxy groups -OCH3 is 3. The van der Waals surface area contributed by atoms with Crippen molar-refractivity contribution in [3.63, 3.8) is 0 Å². The van der Waals surface area contributed by atoms with Crippen LogP contribution in [0.4, 0.5) is 0 Å². The van der Waals surface area contributed by atoms with E-state index in [9.17, 15) is 4.79 Å². The standard InChI is InChI=1S/C18H18O4/c1-20-14-6-4-5-13(11-14)16(9-10-19)17-8-7-15(21-2)12-18(17)22-3/h4-12H,1-3H3/b16-9+. The van der Waals surface area contributed by atoms with Crippen molar-refractivity contribution in [2.24, 2.45) is 0 Å². The second kappa shape index (κ2) is 7.31. The number of carbonyl (C=O) groups is 1. The van der Waals surface area contributed by atoms with E-state index in [-0.39, 0.29) is 0 Å². The van der Waals surface area contributed by atoms with Crippen molar-refractivity contribution in [3.05, 3.63) is 59.7 Å². The summed E-state index contributed by atoms with van der Waals surface area (Å²) in [5.41, 5.74) is 2.44. The summed E-state index contributed by atoms with van der Waals surface area (Å²) < 4.78 is 15.9. The van der Waals surface area contributed by atoms with Gasteiger partial charge in [0.15, 0.2) is 0 Å². The van der Waals surface area contributed by atoms with Crippen molar-refractivity contribution in [1.82, 2.24) is 0 Å². The van der Waals surface area contributed by atoms with E-state index < -0.39 is 0 Å². The Kier molecular flexibility index (Phi) is 5.20. The maximum Gasteiger partial charge on any atom is 0.143 e. The Labute approximate surface area is 129 Å². The molecular weight excluding hydrogens is 280 g/mol. The number of allylic oxidation sites excluding steroid dienone is 1. The van der Waals surface area contributed by atoms with Gasteiger partial charge in [-0.25, -0.2) is 0 Å². The first-order chi connectivity index (χ1) is 10.7. The van der Waals surface area contributed by atoms with Crippen LogP contribution in [0, 0.1) is 0 Å². The monoisotopic (exact) mass is 298 g/mol. The van der Waals surface area contributed by atoms with Crippen LogP contribution in [-0.4, -0.2) is 27.6 Å². The third-order valence-corrected chi connectivity index (χ3v) is 3.31. The lowest BCUT2D eigenvalue weighted by molar-refractivity contribution is -0.104. The molecule has 0 aromatic heterocycles. The molecule has 0 aliphatic rings. The number of hydrogen-bond acceptors (Lipinski definition) is 4. The topological polar surface area (TPSA) is 44.8 Å². The average Bonchev–Trinajstić information content (AvgIpc) is 2.59. The summed E-state index contributed by atoms with van der Waals surface area (Å²) in [4.78, 5) is 11.1. The van der Waals surface area contributed by atoms with Gasteiger partial charge in [-0.3, -0.25) is 4.79 Å². The fourth-order valence-electron chi connectivity index (χ4n) is 2.22. The highest BCUT2D eigenvalue weighted by Gasteiger charge is 2.12. The summed E-state index contributed by atoms with van der Waals surface area (Å²) in [7, 11) is 4.79. The molecule has 0 radical (unpaired) electrons. The first-order valence-electron chi connectivity index (χ1n) is 6.75. The second-order valence-electron chi connectivity index (χ2n) is 4.51. The molecule has 0 amide bonds. The predicted octanol–water partition coefficient (Wildman–Crippen LogP) is 3.34. The Balaban J connectivity index is 2.57. The lowest BCUT2D eigenvalue weighted by atomic mass is 9.96. The van der Waals surface area contributed by atoms with Crippen molar-refractivity contribution in [2.75, 3.05) is 21.3 Å². The van der Waals surface area contributed by atoms with Crippen LogP contribution in [0.2, 0.25) is 0 Å². The summed E-state index contributed by atoms with van der Waals surface area (Å²) in [6.07, 6.45) is 2.28. The summed E-state index contributed by atoms with van der Waals surface area (Å²) in [5, 5.41) is 0. The zero-order valence-electron chi connectivity index (χ0n) is 12.8. The van der Waals surface area contributed by atoms with Gasteiger partial charge in [0.25, 0.3) is 0 Å². The van der Waals surface area contributed by atoms with Crippen LogP contribution in [-0.2, 0) is 4.79 Å². The van der Waals surface area contributed by atoms with Crippen molar-refractivity contribution >= 4 is 11.9 Å². The Morgan fingerprint density at radius 3 is 2.27 bits per heavy atom. The number of benzene rings is 2. The fourth-order valence-corrected chi connectivity index (χ4v) is 2.22. The van der Waals surface area contributed by atoms with Crippen LogP contribution < -0.4 is 14.2 Å². The van der Waals surface area contributed by atoms with Crippen LogP contribution in [0.3, 0.4) is 0 Å². The van der Waals surface area contributed by atoms with Gasteiger partial charge >= 0.3 is 0 Å². The summed E-state index contributed by atoms with van der Waals surface area (Å²) in [5.74, 6) is 2.05. The van der Waals surface area contributed by atoms with E-state index in [1.54, 1.807) is 27.4 Å². The molecule has 22 heavy (non-hydrogen) atoms. The van der Waals surface area contributed by atoms with Gasteiger partial charge in [-0.2, -0.15) is 0 Å². The van der Waals surface area contributed by atoms with Gasteiger partial charge in [0.1, 0.15) is 23.5 Å². The number of aldehydes is 1. The van der Waals surface area contributed by atoms with Crippen LogP contribution in [0.15, 0.2) is 48.5 Å². The molecule has 0 heterocycles. The molecule has 4 heteroatoms. The highest BCUT2D eigenvalue weighted by atomic mass is 16.5. The summed E-state index contributed by atoms with van der Waals surface area (Å²) in [6.45, 7) is 0. The van der Waals surface area contributed by atoms with Crippen molar-refractivity contribution < 1.29 is 19.0 Å². The number of ether oxygens (including phenoxy) is 3. The Hall–Kier alpha value is -2.75. The molecule has 4 nitrogen and oxygen atoms in total. The lowest BCUT2D eigenvalue weighted by Crippen LogP contribution is -1.96. The smallest absolute Gasteiger partial charge is 0.143 e. The molecule has 2 aromatic rings. The van der Waals surface area contributed by atoms with Gasteiger partial charge in [-0.15, -0.1) is 0 Å². The van der Waals surface area contributed by atoms with Crippen molar-refractivity contribution in [2.45, 2.75) is 0 Å². The Morgan fingerprint density at radius 2 is 1.64 bits per heavy atom. The molecule has 0 saturated heterocycles. The van der Waals surface area contributed by atoms with E-state index in [4.69, 9.17) is 14.2 Å². The maximum absolute atomic E-state index is 11.1. The van der Waals surface area contributed by atoms with E-state index in [0.29, 0.717) is 11.5 Å². The largest absolute Gasteiger partial charge is 0.497 e. The van der Waals surface area contributed by atoms with E-state index in [0.717, 1.165) is 28.7 Å². The Morgan fingerprint density at radius 1 is 0.909 bits per heavy atom. The quantitative estimate of drug-likeness (QED) is 0.606. The predicted molar refractivity (Wildman–Crippen MR) is 85.7 cm³/mol. The minimum Gasteiger partial charge on any atom is -0.497 e. The molecule has 114 valence electrons. The van der Waals surface area contributed by atoms with Crippen LogP contribution in [0.5, 0.6) is 17.2 Å². The first-order valence-corrected chi connectivity index (χ1v) is 6.75. The van der Waals surface area contributed by atoms with Crippen LogP contribution >= 0.6 is 0 Å². The first kappa shape index (κ1) is 15.6. The molecule has 0 bridgehead atoms. The molecule has 0 N–H and O–H groups in total. The zero-order valence-corrected chi connectivity index (χ0v) is 12.8. The van der Waals surface area contributed by atoms with E-state index in [1.165, 1.54) is 6.08 Å². The third-order valence-electron chi connectivity index (χ3n) is 3.31. The van der Waals surface area contributed by atoms with Crippen LogP contribution in [0.1, 0.15) is 11.1 Å². The fraction of sp³-hybridized carbons (Fsp3) is 0.167. The van der Waals surface area contributed by atoms with Gasteiger partial charge in [0.2, 0.25) is 0 Å². The Bertz CT molecular complexity index is 689. The number of hydrogen-bond donors (Lipinski definition) is 0. The number of rotatable bonds is 6. The molecule has 0 atom stereocenters.